The molecule has 0 amide bonds. The Morgan fingerprint density at radius 1 is 1.11 bits per heavy atom. The number of nitrogens with one attached hydrogen (secondary N) is 1. The predicted molar refractivity (Wildman–Crippen MR) is 70.7 cm³/mol. The van der Waals surface area contributed by atoms with Gasteiger partial charge in [0, 0.05) is 19.3 Å². The van der Waals surface area contributed by atoms with Crippen molar-refractivity contribution in [2.45, 2.75) is 20.0 Å². The van der Waals surface area contributed by atoms with Crippen molar-refractivity contribution in [3.63, 3.8) is 0 Å². The molecule has 0 saturated heterocycles. The second-order valence-corrected chi connectivity index (χ2v) is 4.24. The first-order valence-electron chi connectivity index (χ1n) is 5.89. The second-order valence-electron chi connectivity index (χ2n) is 4.24. The molecule has 0 aliphatic carbocycles. The molecule has 0 atom stereocenters. The van der Waals surface area contributed by atoms with Gasteiger partial charge in [0.2, 0.25) is 0 Å². The zero-order chi connectivity index (χ0) is 12.8. The van der Waals surface area contributed by atoms with Gasteiger partial charge >= 0.3 is 0 Å². The Labute approximate surface area is 107 Å². The van der Waals surface area contributed by atoms with E-state index in [0.717, 1.165) is 18.8 Å². The van der Waals surface area contributed by atoms with Gasteiger partial charge < -0.3 is 5.32 Å². The molecular formula is C15H15N3. The molecule has 0 aliphatic rings. The molecule has 0 radical (unpaired) electrons. The highest BCUT2D eigenvalue weighted by molar-refractivity contribution is 5.31. The SMILES string of the molecule is Cc1ccc(CNCc2ccc(C#N)cc2)nc1. The first-order chi connectivity index (χ1) is 8.78. The highest BCUT2D eigenvalue weighted by atomic mass is 14.9. The van der Waals surface area contributed by atoms with Gasteiger partial charge in [0.05, 0.1) is 17.3 Å². The summed E-state index contributed by atoms with van der Waals surface area (Å²) in [6.07, 6.45) is 1.87. The van der Waals surface area contributed by atoms with Gasteiger partial charge in [0.15, 0.2) is 0 Å². The molecule has 0 bridgehead atoms. The summed E-state index contributed by atoms with van der Waals surface area (Å²) < 4.78 is 0. The van der Waals surface area contributed by atoms with Gasteiger partial charge in [-0.3, -0.25) is 4.98 Å². The molecule has 3 heteroatoms. The molecule has 1 aromatic heterocycles. The minimum absolute atomic E-state index is 0.693. The summed E-state index contributed by atoms with van der Waals surface area (Å²) in [6.45, 7) is 3.56. The lowest BCUT2D eigenvalue weighted by Crippen LogP contribution is -2.13. The maximum Gasteiger partial charge on any atom is 0.0991 e. The molecule has 18 heavy (non-hydrogen) atoms. The first-order valence-corrected chi connectivity index (χ1v) is 5.89. The third kappa shape index (κ3) is 3.41. The van der Waals surface area contributed by atoms with Gasteiger partial charge in [-0.1, -0.05) is 18.2 Å². The van der Waals surface area contributed by atoms with Crippen LogP contribution in [0.4, 0.5) is 0 Å². The molecule has 1 N–H and O–H groups in total. The van der Waals surface area contributed by atoms with Crippen LogP contribution in [-0.2, 0) is 13.1 Å². The molecule has 90 valence electrons. The van der Waals surface area contributed by atoms with E-state index in [1.165, 1.54) is 11.1 Å². The number of hydrogen-bond acceptors (Lipinski definition) is 3. The Hall–Kier alpha value is -2.18. The Morgan fingerprint density at radius 2 is 1.89 bits per heavy atom. The average molecular weight is 237 g/mol. The summed E-state index contributed by atoms with van der Waals surface area (Å²) in [5, 5.41) is 12.0. The van der Waals surface area contributed by atoms with Gasteiger partial charge in [-0.2, -0.15) is 5.26 Å². The Morgan fingerprint density at radius 3 is 2.50 bits per heavy atom. The quantitative estimate of drug-likeness (QED) is 0.889. The summed E-state index contributed by atoms with van der Waals surface area (Å²) >= 11 is 0. The van der Waals surface area contributed by atoms with Crippen LogP contribution in [0, 0.1) is 18.3 Å². The van der Waals surface area contributed by atoms with E-state index < -0.39 is 0 Å². The van der Waals surface area contributed by atoms with E-state index in [0.29, 0.717) is 5.56 Å². The predicted octanol–water partition coefficient (Wildman–Crippen LogP) is 2.55. The van der Waals surface area contributed by atoms with E-state index in [-0.39, 0.29) is 0 Å². The largest absolute Gasteiger partial charge is 0.307 e. The van der Waals surface area contributed by atoms with Crippen LogP contribution in [0.5, 0.6) is 0 Å². The smallest absolute Gasteiger partial charge is 0.0991 e. The molecule has 3 nitrogen and oxygen atoms in total. The van der Waals surface area contributed by atoms with Crippen LogP contribution in [0.2, 0.25) is 0 Å². The van der Waals surface area contributed by atoms with Crippen LogP contribution >= 0.6 is 0 Å². The van der Waals surface area contributed by atoms with Crippen LogP contribution in [0.1, 0.15) is 22.4 Å². The molecule has 0 saturated carbocycles. The van der Waals surface area contributed by atoms with E-state index in [4.69, 9.17) is 5.26 Å². The molecule has 0 aliphatic heterocycles. The van der Waals surface area contributed by atoms with Gasteiger partial charge in [0.1, 0.15) is 0 Å². The van der Waals surface area contributed by atoms with Crippen molar-refractivity contribution >= 4 is 0 Å². The van der Waals surface area contributed by atoms with Gasteiger partial charge in [0.25, 0.3) is 0 Å². The zero-order valence-electron chi connectivity index (χ0n) is 10.4. The lowest BCUT2D eigenvalue weighted by molar-refractivity contribution is 0.679. The van der Waals surface area contributed by atoms with Crippen molar-refractivity contribution in [3.05, 3.63) is 65.0 Å². The number of aryl methyl sites for hydroxylation is 1. The molecule has 1 aromatic carbocycles. The molecule has 0 fully saturated rings. The maximum atomic E-state index is 8.70. The third-order valence-corrected chi connectivity index (χ3v) is 2.69. The monoisotopic (exact) mass is 237 g/mol. The van der Waals surface area contributed by atoms with Crippen molar-refractivity contribution in [3.8, 4) is 6.07 Å². The standard InChI is InChI=1S/C15H15N3/c1-12-2-7-15(18-9-12)11-17-10-14-5-3-13(8-16)4-6-14/h2-7,9,17H,10-11H2,1H3. The lowest BCUT2D eigenvalue weighted by Gasteiger charge is -2.05. The summed E-state index contributed by atoms with van der Waals surface area (Å²) in [5.41, 5.74) is 4.07. The minimum atomic E-state index is 0.693. The van der Waals surface area contributed by atoms with Crippen LogP contribution in [0.25, 0.3) is 0 Å². The van der Waals surface area contributed by atoms with Gasteiger partial charge in [-0.25, -0.2) is 0 Å². The molecule has 1 heterocycles. The van der Waals surface area contributed by atoms with E-state index in [2.05, 4.69) is 22.4 Å². The van der Waals surface area contributed by atoms with Crippen LogP contribution < -0.4 is 5.32 Å². The number of nitrogens with zero attached hydrogens (tertiary/aromatic N) is 2. The van der Waals surface area contributed by atoms with E-state index in [1.54, 1.807) is 0 Å². The fourth-order valence-corrected chi connectivity index (χ4v) is 1.64. The first kappa shape index (κ1) is 12.3. The fourth-order valence-electron chi connectivity index (χ4n) is 1.64. The minimum Gasteiger partial charge on any atom is -0.307 e. The van der Waals surface area contributed by atoms with Crippen LogP contribution in [0.15, 0.2) is 42.6 Å². The summed E-state index contributed by atoms with van der Waals surface area (Å²) in [6, 6.07) is 13.8. The van der Waals surface area contributed by atoms with Crippen molar-refractivity contribution < 1.29 is 0 Å². The maximum absolute atomic E-state index is 8.70. The second kappa shape index (κ2) is 5.95. The highest BCUT2D eigenvalue weighted by Crippen LogP contribution is 2.03. The van der Waals surface area contributed by atoms with Gasteiger partial charge in [-0.15, -0.1) is 0 Å². The van der Waals surface area contributed by atoms with Crippen molar-refractivity contribution in [2.24, 2.45) is 0 Å². The molecule has 2 rings (SSSR count). The Kier molecular flexibility index (Phi) is 4.06. The topological polar surface area (TPSA) is 48.7 Å². The molecule has 2 aromatic rings. The molecular weight excluding hydrogens is 222 g/mol. The van der Waals surface area contributed by atoms with Gasteiger partial charge in [-0.05, 0) is 36.2 Å². The zero-order valence-corrected chi connectivity index (χ0v) is 10.4. The molecule has 0 unspecified atom stereocenters. The number of aromatic nitrogens is 1. The Bertz CT molecular complexity index is 535. The fraction of sp³-hybridized carbons (Fsp3) is 0.200. The normalized spacial score (nSPS) is 10.0. The van der Waals surface area contributed by atoms with E-state index in [1.807, 2.05) is 43.5 Å². The number of hydrogen-bond donors (Lipinski definition) is 1. The van der Waals surface area contributed by atoms with E-state index in [9.17, 15) is 0 Å². The Balaban J connectivity index is 1.84. The molecule has 0 spiro atoms. The van der Waals surface area contributed by atoms with E-state index >= 15 is 0 Å². The summed E-state index contributed by atoms with van der Waals surface area (Å²) in [7, 11) is 0. The summed E-state index contributed by atoms with van der Waals surface area (Å²) in [4.78, 5) is 4.33. The van der Waals surface area contributed by atoms with Crippen molar-refractivity contribution in [1.82, 2.24) is 10.3 Å². The van der Waals surface area contributed by atoms with Crippen LogP contribution in [0.3, 0.4) is 0 Å². The van der Waals surface area contributed by atoms with Crippen molar-refractivity contribution in [1.29, 1.82) is 5.26 Å². The highest BCUT2D eigenvalue weighted by Gasteiger charge is 1.96. The number of nitriles is 1. The van der Waals surface area contributed by atoms with Crippen molar-refractivity contribution in [2.75, 3.05) is 0 Å². The van der Waals surface area contributed by atoms with Crippen LogP contribution in [-0.4, -0.2) is 4.98 Å². The third-order valence-electron chi connectivity index (χ3n) is 2.69. The average Bonchev–Trinajstić information content (AvgIpc) is 2.42. The number of pyridine rings is 1. The summed E-state index contributed by atoms with van der Waals surface area (Å²) in [5.74, 6) is 0. The number of rotatable bonds is 4. The number of benzene rings is 1. The lowest BCUT2D eigenvalue weighted by atomic mass is 10.1.